The van der Waals surface area contributed by atoms with Gasteiger partial charge in [0.1, 0.15) is 18.1 Å². The Morgan fingerprint density at radius 2 is 2.14 bits per heavy atom. The number of benzene rings is 1. The van der Waals surface area contributed by atoms with Gasteiger partial charge in [0, 0.05) is 44.9 Å². The number of ether oxygens (including phenoxy) is 3. The van der Waals surface area contributed by atoms with Gasteiger partial charge in [0.15, 0.2) is 0 Å². The Morgan fingerprint density at radius 1 is 1.24 bits per heavy atom. The first-order valence-corrected chi connectivity index (χ1v) is 10.6. The predicted octanol–water partition coefficient (Wildman–Crippen LogP) is 3.54. The van der Waals surface area contributed by atoms with Gasteiger partial charge in [0.05, 0.1) is 12.1 Å². The summed E-state index contributed by atoms with van der Waals surface area (Å²) < 4.78 is 16.5. The number of likely N-dealkylation sites (tertiary alicyclic amines) is 1. The Labute approximate surface area is 172 Å². The van der Waals surface area contributed by atoms with E-state index in [-0.39, 0.29) is 5.91 Å². The second kappa shape index (κ2) is 9.55. The lowest BCUT2D eigenvalue weighted by Crippen LogP contribution is -2.40. The number of hydrogen-bond donors (Lipinski definition) is 0. The molecule has 29 heavy (non-hydrogen) atoms. The molecule has 2 aliphatic rings. The zero-order chi connectivity index (χ0) is 20.1. The Kier molecular flexibility index (Phi) is 6.62. The van der Waals surface area contributed by atoms with Crippen LogP contribution in [0.25, 0.3) is 10.9 Å². The number of carbonyl (C=O) groups excluding carboxylic acids is 1. The quantitative estimate of drug-likeness (QED) is 0.668. The van der Waals surface area contributed by atoms with Gasteiger partial charge >= 0.3 is 0 Å². The van der Waals surface area contributed by atoms with Crippen LogP contribution in [0.3, 0.4) is 0 Å². The summed E-state index contributed by atoms with van der Waals surface area (Å²) in [6.07, 6.45) is 4.55. The lowest BCUT2D eigenvalue weighted by molar-refractivity contribution is 0.0647. The lowest BCUT2D eigenvalue weighted by Gasteiger charge is -2.33. The molecule has 1 aromatic heterocycles. The minimum absolute atomic E-state index is 0.000262. The third kappa shape index (κ3) is 4.87. The molecule has 0 spiro atoms. The molecule has 2 aliphatic heterocycles. The Balaban J connectivity index is 1.50. The van der Waals surface area contributed by atoms with E-state index in [1.54, 1.807) is 13.2 Å². The van der Waals surface area contributed by atoms with Crippen molar-refractivity contribution in [3.05, 3.63) is 36.0 Å². The van der Waals surface area contributed by atoms with Crippen LogP contribution in [0.4, 0.5) is 0 Å². The summed E-state index contributed by atoms with van der Waals surface area (Å²) in [6, 6.07) is 9.57. The monoisotopic (exact) mass is 398 g/mol. The van der Waals surface area contributed by atoms with E-state index in [1.807, 2.05) is 29.2 Å². The van der Waals surface area contributed by atoms with Crippen molar-refractivity contribution in [2.24, 2.45) is 11.8 Å². The molecule has 2 atom stereocenters. The predicted molar refractivity (Wildman–Crippen MR) is 111 cm³/mol. The first-order chi connectivity index (χ1) is 14.2. The van der Waals surface area contributed by atoms with Crippen LogP contribution in [0, 0.1) is 11.8 Å². The number of pyridine rings is 1. The highest BCUT2D eigenvalue weighted by atomic mass is 16.5. The van der Waals surface area contributed by atoms with Gasteiger partial charge in [-0.05, 0) is 49.7 Å². The van der Waals surface area contributed by atoms with Gasteiger partial charge in [-0.2, -0.15) is 0 Å². The van der Waals surface area contributed by atoms with Crippen molar-refractivity contribution in [1.82, 2.24) is 9.88 Å². The Morgan fingerprint density at radius 3 is 2.97 bits per heavy atom. The van der Waals surface area contributed by atoms with Crippen LogP contribution < -0.4 is 4.74 Å². The second-order valence-electron chi connectivity index (χ2n) is 8.09. The molecule has 2 saturated heterocycles. The number of methoxy groups -OCH3 is 1. The molecule has 4 rings (SSSR count). The Bertz CT molecular complexity index is 835. The number of rotatable bonds is 7. The van der Waals surface area contributed by atoms with E-state index >= 15 is 0 Å². The van der Waals surface area contributed by atoms with Crippen LogP contribution in [-0.4, -0.2) is 62.4 Å². The average Bonchev–Trinajstić information content (AvgIpc) is 3.26. The van der Waals surface area contributed by atoms with Crippen molar-refractivity contribution in [1.29, 1.82) is 0 Å². The van der Waals surface area contributed by atoms with Crippen LogP contribution in [0.1, 0.15) is 36.2 Å². The van der Waals surface area contributed by atoms with Gasteiger partial charge in [-0.25, -0.2) is 4.98 Å². The molecule has 6 nitrogen and oxygen atoms in total. The van der Waals surface area contributed by atoms with Gasteiger partial charge in [0.25, 0.3) is 5.91 Å². The van der Waals surface area contributed by atoms with Gasteiger partial charge in [-0.3, -0.25) is 4.79 Å². The molecule has 1 aromatic carbocycles. The number of aromatic nitrogens is 1. The van der Waals surface area contributed by atoms with E-state index in [0.29, 0.717) is 36.5 Å². The average molecular weight is 399 g/mol. The zero-order valence-corrected chi connectivity index (χ0v) is 17.1. The number of carbonyl (C=O) groups is 1. The standard InChI is InChI=1S/C23H30N2O4/c1-27-11-12-29-22-14-21(24-20-7-3-2-6-19(20)22)23(26)25-9-4-5-17(15-25)13-18-8-10-28-16-18/h2-3,6-7,14,17-18H,4-5,8-13,15-16H2,1H3. The summed E-state index contributed by atoms with van der Waals surface area (Å²) >= 11 is 0. The molecular formula is C23H30N2O4. The molecule has 1 amide bonds. The molecular weight excluding hydrogens is 368 g/mol. The highest BCUT2D eigenvalue weighted by Crippen LogP contribution is 2.30. The molecule has 2 fully saturated rings. The maximum atomic E-state index is 13.3. The number of para-hydroxylation sites is 1. The van der Waals surface area contributed by atoms with Crippen LogP contribution in [-0.2, 0) is 9.47 Å². The normalized spacial score (nSPS) is 22.2. The van der Waals surface area contributed by atoms with Crippen LogP contribution in [0.15, 0.2) is 30.3 Å². The second-order valence-corrected chi connectivity index (χ2v) is 8.09. The topological polar surface area (TPSA) is 60.9 Å². The molecule has 2 aromatic rings. The maximum absolute atomic E-state index is 13.3. The molecule has 0 bridgehead atoms. The molecule has 0 aliphatic carbocycles. The van der Waals surface area contributed by atoms with Crippen LogP contribution >= 0.6 is 0 Å². The summed E-state index contributed by atoms with van der Waals surface area (Å²) in [7, 11) is 1.65. The van der Waals surface area contributed by atoms with Crippen molar-refractivity contribution in [3.8, 4) is 5.75 Å². The summed E-state index contributed by atoms with van der Waals surface area (Å²) in [6.45, 7) is 4.30. The van der Waals surface area contributed by atoms with Crippen molar-refractivity contribution in [2.75, 3.05) is 46.6 Å². The van der Waals surface area contributed by atoms with Crippen LogP contribution in [0.2, 0.25) is 0 Å². The summed E-state index contributed by atoms with van der Waals surface area (Å²) in [5, 5.41) is 0.915. The summed E-state index contributed by atoms with van der Waals surface area (Å²) in [4.78, 5) is 19.9. The molecule has 0 N–H and O–H groups in total. The fraction of sp³-hybridized carbons (Fsp3) is 0.565. The smallest absolute Gasteiger partial charge is 0.272 e. The number of piperidine rings is 1. The van der Waals surface area contributed by atoms with E-state index < -0.39 is 0 Å². The first kappa shape index (κ1) is 20.1. The van der Waals surface area contributed by atoms with Crippen molar-refractivity contribution in [3.63, 3.8) is 0 Å². The number of fused-ring (bicyclic) bond motifs is 1. The number of hydrogen-bond acceptors (Lipinski definition) is 5. The van der Waals surface area contributed by atoms with Crippen molar-refractivity contribution >= 4 is 16.8 Å². The van der Waals surface area contributed by atoms with Gasteiger partial charge in [0.2, 0.25) is 0 Å². The zero-order valence-electron chi connectivity index (χ0n) is 17.1. The highest BCUT2D eigenvalue weighted by molar-refractivity contribution is 5.97. The van der Waals surface area contributed by atoms with Gasteiger partial charge < -0.3 is 19.1 Å². The molecule has 2 unspecified atom stereocenters. The van der Waals surface area contributed by atoms with Gasteiger partial charge in [-0.1, -0.05) is 12.1 Å². The third-order valence-corrected chi connectivity index (χ3v) is 5.94. The molecule has 156 valence electrons. The molecule has 0 saturated carbocycles. The van der Waals surface area contributed by atoms with E-state index in [1.165, 1.54) is 6.42 Å². The summed E-state index contributed by atoms with van der Waals surface area (Å²) in [5.41, 5.74) is 1.24. The van der Waals surface area contributed by atoms with E-state index in [4.69, 9.17) is 14.2 Å². The maximum Gasteiger partial charge on any atom is 0.272 e. The Hall–Kier alpha value is -2.18. The highest BCUT2D eigenvalue weighted by Gasteiger charge is 2.28. The first-order valence-electron chi connectivity index (χ1n) is 10.6. The molecule has 3 heterocycles. The fourth-order valence-electron chi connectivity index (χ4n) is 4.45. The van der Waals surface area contributed by atoms with E-state index in [2.05, 4.69) is 4.98 Å². The van der Waals surface area contributed by atoms with Crippen molar-refractivity contribution < 1.29 is 19.0 Å². The van der Waals surface area contributed by atoms with E-state index in [0.717, 1.165) is 56.5 Å². The third-order valence-electron chi connectivity index (χ3n) is 5.94. The van der Waals surface area contributed by atoms with Crippen LogP contribution in [0.5, 0.6) is 5.75 Å². The fourth-order valence-corrected chi connectivity index (χ4v) is 4.45. The minimum atomic E-state index is -0.000262. The largest absolute Gasteiger partial charge is 0.490 e. The molecule has 6 heteroatoms. The van der Waals surface area contributed by atoms with Gasteiger partial charge in [-0.15, -0.1) is 0 Å². The lowest BCUT2D eigenvalue weighted by atomic mass is 9.88. The van der Waals surface area contributed by atoms with E-state index in [9.17, 15) is 4.79 Å². The summed E-state index contributed by atoms with van der Waals surface area (Å²) in [5.74, 6) is 1.89. The number of amides is 1. The van der Waals surface area contributed by atoms with Crippen molar-refractivity contribution in [2.45, 2.75) is 25.7 Å². The SMILES string of the molecule is COCCOc1cc(C(=O)N2CCCC(CC3CCOC3)C2)nc2ccccc12. The number of nitrogens with zero attached hydrogens (tertiary/aromatic N) is 2. The minimum Gasteiger partial charge on any atom is -0.490 e. The molecule has 0 radical (unpaired) electrons.